The lowest BCUT2D eigenvalue weighted by Gasteiger charge is -2.31. The van der Waals surface area contributed by atoms with Crippen LogP contribution in [0.3, 0.4) is 0 Å². The molecule has 1 unspecified atom stereocenters. The van der Waals surface area contributed by atoms with Crippen molar-refractivity contribution in [2.75, 3.05) is 11.3 Å². The number of hydrogen-bond acceptors (Lipinski definition) is 3. The summed E-state index contributed by atoms with van der Waals surface area (Å²) in [4.78, 5) is 16.2. The largest absolute Gasteiger partial charge is 0.339 e. The molecular formula is C24H27Cl3N2OS. The molecule has 166 valence electrons. The topological polar surface area (TPSA) is 32.3 Å². The summed E-state index contributed by atoms with van der Waals surface area (Å²) in [5, 5.41) is 1.94. The van der Waals surface area contributed by atoms with Gasteiger partial charge in [-0.15, -0.1) is 0 Å². The highest BCUT2D eigenvalue weighted by atomic mass is 35.5. The van der Waals surface area contributed by atoms with E-state index in [1.165, 1.54) is 31.2 Å². The Morgan fingerprint density at radius 1 is 1.03 bits per heavy atom. The minimum absolute atomic E-state index is 0.0285. The first-order valence-electron chi connectivity index (χ1n) is 10.9. The molecule has 1 aliphatic carbocycles. The lowest BCUT2D eigenvalue weighted by Crippen LogP contribution is -2.39. The van der Waals surface area contributed by atoms with Crippen molar-refractivity contribution in [3.63, 3.8) is 0 Å². The zero-order valence-corrected chi connectivity index (χ0v) is 20.7. The number of carbonyl (C=O) groups excluding carboxylic acids is 1. The smallest absolute Gasteiger partial charge is 0.226 e. The van der Waals surface area contributed by atoms with Crippen LogP contribution in [0.1, 0.15) is 49.7 Å². The normalized spacial score (nSPS) is 19.8. The zero-order chi connectivity index (χ0) is 22.0. The molecule has 0 radical (unpaired) electrons. The van der Waals surface area contributed by atoms with Crippen molar-refractivity contribution < 1.29 is 4.79 Å². The van der Waals surface area contributed by atoms with Gasteiger partial charge < -0.3 is 9.62 Å². The lowest BCUT2D eigenvalue weighted by molar-refractivity contribution is -0.133. The third kappa shape index (κ3) is 5.30. The first-order valence-corrected chi connectivity index (χ1v) is 12.9. The highest BCUT2D eigenvalue weighted by molar-refractivity contribution is 8.00. The molecule has 2 aromatic carbocycles. The summed E-state index contributed by atoms with van der Waals surface area (Å²) in [5.74, 6) is 0.243. The Morgan fingerprint density at radius 3 is 2.45 bits per heavy atom. The van der Waals surface area contributed by atoms with E-state index < -0.39 is 0 Å². The molecule has 0 spiro atoms. The number of benzene rings is 2. The van der Waals surface area contributed by atoms with Crippen molar-refractivity contribution in [1.29, 1.82) is 0 Å². The van der Waals surface area contributed by atoms with Gasteiger partial charge in [0.2, 0.25) is 5.91 Å². The van der Waals surface area contributed by atoms with Crippen LogP contribution < -0.4 is 4.72 Å². The average molecular weight is 498 g/mol. The highest BCUT2D eigenvalue weighted by Gasteiger charge is 2.36. The van der Waals surface area contributed by atoms with Crippen LogP contribution in [0, 0.1) is 12.8 Å². The number of nitrogens with zero attached hydrogens (tertiary/aromatic N) is 1. The summed E-state index contributed by atoms with van der Waals surface area (Å²) >= 11 is 20.9. The third-order valence-corrected chi connectivity index (χ3v) is 8.54. The van der Waals surface area contributed by atoms with Crippen LogP contribution in [0.2, 0.25) is 15.1 Å². The predicted molar refractivity (Wildman–Crippen MR) is 133 cm³/mol. The van der Waals surface area contributed by atoms with Crippen LogP contribution in [0.15, 0.2) is 35.2 Å². The first kappa shape index (κ1) is 23.1. The molecule has 1 heterocycles. The van der Waals surface area contributed by atoms with Crippen molar-refractivity contribution in [2.45, 2.75) is 62.8 Å². The summed E-state index contributed by atoms with van der Waals surface area (Å²) in [6.07, 6.45) is 7.53. The molecule has 2 fully saturated rings. The van der Waals surface area contributed by atoms with Crippen LogP contribution in [-0.2, 0) is 11.2 Å². The van der Waals surface area contributed by atoms with Crippen LogP contribution >= 0.6 is 46.8 Å². The van der Waals surface area contributed by atoms with Crippen molar-refractivity contribution in [3.8, 4) is 0 Å². The molecule has 1 aliphatic heterocycles. The Balaban J connectivity index is 1.41. The van der Waals surface area contributed by atoms with E-state index in [0.29, 0.717) is 22.5 Å². The van der Waals surface area contributed by atoms with Gasteiger partial charge in [0.05, 0.1) is 0 Å². The summed E-state index contributed by atoms with van der Waals surface area (Å²) in [5.41, 5.74) is 2.71. The fourth-order valence-electron chi connectivity index (χ4n) is 4.62. The van der Waals surface area contributed by atoms with E-state index in [1.807, 2.05) is 37.3 Å². The fraction of sp³-hybridized carbons (Fsp3) is 0.458. The minimum Gasteiger partial charge on any atom is -0.339 e. The maximum atomic E-state index is 13.0. The SMILES string of the molecule is Cc1c(Cl)cccc1SNc1cc(Cl)c(CC2CCN(C3CCCCC3)C2=O)c(Cl)c1. The molecule has 4 rings (SSSR count). The molecule has 1 saturated carbocycles. The summed E-state index contributed by atoms with van der Waals surface area (Å²) < 4.78 is 3.30. The van der Waals surface area contributed by atoms with Gasteiger partial charge in [0.15, 0.2) is 0 Å². The zero-order valence-electron chi connectivity index (χ0n) is 17.6. The first-order chi connectivity index (χ1) is 14.9. The molecule has 1 saturated heterocycles. The minimum atomic E-state index is -0.0285. The standard InChI is InChI=1S/C24H27Cl3N2OS/c1-15-20(25)8-5-9-23(15)31-28-17-13-21(26)19(22(27)14-17)12-16-10-11-29(24(16)30)18-6-3-2-4-7-18/h5,8-9,13-14,16,18,28H,2-4,6-7,10-12H2,1H3. The van der Waals surface area contributed by atoms with Gasteiger partial charge in [0.1, 0.15) is 0 Å². The Kier molecular flexibility index (Phi) is 7.64. The van der Waals surface area contributed by atoms with E-state index in [-0.39, 0.29) is 11.8 Å². The molecule has 0 bridgehead atoms. The Hall–Kier alpha value is -1.07. The van der Waals surface area contributed by atoms with E-state index in [4.69, 9.17) is 34.8 Å². The lowest BCUT2D eigenvalue weighted by atomic mass is 9.94. The van der Waals surface area contributed by atoms with E-state index in [2.05, 4.69) is 9.62 Å². The van der Waals surface area contributed by atoms with Crippen molar-refractivity contribution >= 4 is 58.3 Å². The van der Waals surface area contributed by atoms with Gasteiger partial charge in [0.25, 0.3) is 0 Å². The third-order valence-electron chi connectivity index (χ3n) is 6.45. The van der Waals surface area contributed by atoms with Crippen LogP contribution in [0.25, 0.3) is 0 Å². The molecule has 1 atom stereocenters. The average Bonchev–Trinajstić information content (AvgIpc) is 3.12. The Labute approximate surface area is 203 Å². The van der Waals surface area contributed by atoms with Gasteiger partial charge in [-0.1, -0.05) is 60.1 Å². The number of anilines is 1. The number of nitrogens with one attached hydrogen (secondary N) is 1. The number of halogens is 3. The number of hydrogen-bond donors (Lipinski definition) is 1. The van der Waals surface area contributed by atoms with Gasteiger partial charge in [-0.05, 0) is 79.9 Å². The monoisotopic (exact) mass is 496 g/mol. The molecule has 2 aliphatic rings. The van der Waals surface area contributed by atoms with Gasteiger partial charge in [-0.2, -0.15) is 0 Å². The van der Waals surface area contributed by atoms with Crippen LogP contribution in [0.5, 0.6) is 0 Å². The Bertz CT molecular complexity index is 939. The molecule has 1 N–H and O–H groups in total. The molecule has 0 aromatic heterocycles. The quantitative estimate of drug-likeness (QED) is 0.413. The second-order valence-corrected chi connectivity index (χ2v) is 10.6. The second-order valence-electron chi connectivity index (χ2n) is 8.50. The molecular weight excluding hydrogens is 471 g/mol. The fourth-order valence-corrected chi connectivity index (χ4v) is 6.25. The molecule has 7 heteroatoms. The second kappa shape index (κ2) is 10.2. The predicted octanol–water partition coefficient (Wildman–Crippen LogP) is 7.80. The van der Waals surface area contributed by atoms with Crippen molar-refractivity contribution in [3.05, 3.63) is 56.5 Å². The molecule has 3 nitrogen and oxygen atoms in total. The Morgan fingerprint density at radius 2 is 1.74 bits per heavy atom. The van der Waals surface area contributed by atoms with Gasteiger partial charge in [-0.25, -0.2) is 0 Å². The summed E-state index contributed by atoms with van der Waals surface area (Å²) in [6, 6.07) is 10.0. The number of rotatable bonds is 6. The van der Waals surface area contributed by atoms with E-state index in [0.717, 1.165) is 52.5 Å². The van der Waals surface area contributed by atoms with E-state index in [9.17, 15) is 4.79 Å². The maximum Gasteiger partial charge on any atom is 0.226 e. The number of carbonyl (C=O) groups is 1. The summed E-state index contributed by atoms with van der Waals surface area (Å²) in [7, 11) is 0. The van der Waals surface area contributed by atoms with Crippen LogP contribution in [0.4, 0.5) is 5.69 Å². The number of amides is 1. The van der Waals surface area contributed by atoms with Gasteiger partial charge >= 0.3 is 0 Å². The maximum absolute atomic E-state index is 13.0. The molecule has 2 aromatic rings. The van der Waals surface area contributed by atoms with Gasteiger partial charge in [-0.3, -0.25) is 4.79 Å². The van der Waals surface area contributed by atoms with Crippen molar-refractivity contribution in [1.82, 2.24) is 4.90 Å². The van der Waals surface area contributed by atoms with Crippen molar-refractivity contribution in [2.24, 2.45) is 5.92 Å². The highest BCUT2D eigenvalue weighted by Crippen LogP contribution is 2.37. The van der Waals surface area contributed by atoms with Gasteiger partial charge in [0, 0.05) is 44.2 Å². The number of likely N-dealkylation sites (tertiary alicyclic amines) is 1. The van der Waals surface area contributed by atoms with E-state index in [1.54, 1.807) is 0 Å². The summed E-state index contributed by atoms with van der Waals surface area (Å²) in [6.45, 7) is 2.85. The van der Waals surface area contributed by atoms with Crippen LogP contribution in [-0.4, -0.2) is 23.4 Å². The molecule has 1 amide bonds. The van der Waals surface area contributed by atoms with E-state index >= 15 is 0 Å². The molecule has 31 heavy (non-hydrogen) atoms.